The van der Waals surface area contributed by atoms with Gasteiger partial charge in [0.15, 0.2) is 0 Å². The van der Waals surface area contributed by atoms with E-state index < -0.39 is 12.1 Å². The van der Waals surface area contributed by atoms with Crippen LogP contribution in [0.1, 0.15) is 34.1 Å². The molecular formula is C30H27NO3. The quantitative estimate of drug-likeness (QED) is 0.379. The largest absolute Gasteiger partial charge is 0.449 e. The number of hydrogen-bond acceptors (Lipinski definition) is 3. The SMILES string of the molecule is O=C(N[C@H](CO)C(c1ccccc1)c1ccccc1)OCC1c2ccccc2-c2ccccc21. The van der Waals surface area contributed by atoms with Gasteiger partial charge in [-0.05, 0) is 33.4 Å². The molecule has 4 nitrogen and oxygen atoms in total. The Morgan fingerprint density at radius 1 is 0.735 bits per heavy atom. The van der Waals surface area contributed by atoms with E-state index in [1.807, 2.05) is 84.9 Å². The number of carbonyl (C=O) groups is 1. The zero-order chi connectivity index (χ0) is 23.3. The third-order valence-electron chi connectivity index (χ3n) is 6.56. The van der Waals surface area contributed by atoms with E-state index >= 15 is 0 Å². The van der Waals surface area contributed by atoms with Crippen molar-refractivity contribution >= 4 is 6.09 Å². The average molecular weight is 450 g/mol. The minimum Gasteiger partial charge on any atom is -0.449 e. The van der Waals surface area contributed by atoms with Crippen LogP contribution >= 0.6 is 0 Å². The molecule has 0 aliphatic heterocycles. The number of ether oxygens (including phenoxy) is 1. The molecule has 2 N–H and O–H groups in total. The number of amides is 1. The topological polar surface area (TPSA) is 58.6 Å². The van der Waals surface area contributed by atoms with Crippen molar-refractivity contribution in [3.63, 3.8) is 0 Å². The van der Waals surface area contributed by atoms with Crippen LogP contribution in [0.5, 0.6) is 0 Å². The fourth-order valence-electron chi connectivity index (χ4n) is 5.00. The number of alkyl carbamates (subject to hydrolysis) is 1. The standard InChI is InChI=1S/C30H27NO3/c32-19-28(29(21-11-3-1-4-12-21)22-13-5-2-6-14-22)31-30(33)34-20-27-25-17-9-7-15-23(25)24-16-8-10-18-26(24)27/h1-18,27-29,32H,19-20H2,(H,31,33)/t28-/m1/s1. The summed E-state index contributed by atoms with van der Waals surface area (Å²) in [4.78, 5) is 12.9. The fourth-order valence-corrected chi connectivity index (χ4v) is 5.00. The molecule has 1 atom stereocenters. The fraction of sp³-hybridized carbons (Fsp3) is 0.167. The van der Waals surface area contributed by atoms with Crippen LogP contribution < -0.4 is 5.32 Å². The molecule has 0 unspecified atom stereocenters. The molecule has 4 heteroatoms. The Morgan fingerprint density at radius 2 is 1.21 bits per heavy atom. The lowest BCUT2D eigenvalue weighted by atomic mass is 9.85. The van der Waals surface area contributed by atoms with Gasteiger partial charge in [0.05, 0.1) is 12.6 Å². The minimum atomic E-state index is -0.530. The molecule has 170 valence electrons. The van der Waals surface area contributed by atoms with E-state index in [9.17, 15) is 9.90 Å². The number of aliphatic hydroxyl groups is 1. The van der Waals surface area contributed by atoms with Crippen LogP contribution in [0.2, 0.25) is 0 Å². The van der Waals surface area contributed by atoms with Crippen LogP contribution in [0.15, 0.2) is 109 Å². The molecule has 34 heavy (non-hydrogen) atoms. The van der Waals surface area contributed by atoms with Crippen LogP contribution in [0.4, 0.5) is 4.79 Å². The Balaban J connectivity index is 1.33. The van der Waals surface area contributed by atoms with E-state index in [2.05, 4.69) is 29.6 Å². The molecule has 1 amide bonds. The smallest absolute Gasteiger partial charge is 0.407 e. The molecule has 0 saturated carbocycles. The number of benzene rings is 4. The van der Waals surface area contributed by atoms with Crippen molar-refractivity contribution in [2.75, 3.05) is 13.2 Å². The van der Waals surface area contributed by atoms with Gasteiger partial charge in [0.25, 0.3) is 0 Å². The van der Waals surface area contributed by atoms with Gasteiger partial charge in [0.2, 0.25) is 0 Å². The maximum atomic E-state index is 12.9. The third kappa shape index (κ3) is 4.33. The summed E-state index contributed by atoms with van der Waals surface area (Å²) in [6.45, 7) is 0.0258. The molecule has 0 aromatic heterocycles. The van der Waals surface area contributed by atoms with Crippen molar-refractivity contribution in [2.24, 2.45) is 0 Å². The molecule has 0 fully saturated rings. The highest BCUT2D eigenvalue weighted by Gasteiger charge is 2.30. The number of carbonyl (C=O) groups excluding carboxylic acids is 1. The first-order valence-electron chi connectivity index (χ1n) is 11.6. The second-order valence-corrected chi connectivity index (χ2v) is 8.56. The van der Waals surface area contributed by atoms with Crippen molar-refractivity contribution in [3.05, 3.63) is 131 Å². The maximum absolute atomic E-state index is 12.9. The summed E-state index contributed by atoms with van der Waals surface area (Å²) < 4.78 is 5.73. The van der Waals surface area contributed by atoms with Crippen molar-refractivity contribution in [1.29, 1.82) is 0 Å². The molecule has 0 heterocycles. The first-order valence-corrected chi connectivity index (χ1v) is 11.6. The predicted octanol–water partition coefficient (Wildman–Crippen LogP) is 5.72. The van der Waals surface area contributed by atoms with E-state index in [-0.39, 0.29) is 25.0 Å². The minimum absolute atomic E-state index is 0.00947. The molecule has 1 aliphatic carbocycles. The summed E-state index contributed by atoms with van der Waals surface area (Å²) in [5, 5.41) is 13.2. The normalized spacial score (nSPS) is 13.2. The summed E-state index contributed by atoms with van der Waals surface area (Å²) in [5.41, 5.74) is 6.75. The first kappa shape index (κ1) is 21.9. The van der Waals surface area contributed by atoms with Gasteiger partial charge in [-0.3, -0.25) is 0 Å². The van der Waals surface area contributed by atoms with Crippen LogP contribution in [0.3, 0.4) is 0 Å². The van der Waals surface area contributed by atoms with Gasteiger partial charge in [-0.15, -0.1) is 0 Å². The molecule has 0 spiro atoms. The summed E-state index contributed by atoms with van der Waals surface area (Å²) in [6, 6.07) is 35.8. The summed E-state index contributed by atoms with van der Waals surface area (Å²) in [6.07, 6.45) is -0.530. The molecular weight excluding hydrogens is 422 g/mol. The molecule has 4 aromatic carbocycles. The van der Waals surface area contributed by atoms with E-state index in [0.29, 0.717) is 0 Å². The van der Waals surface area contributed by atoms with Crippen LogP contribution in [-0.2, 0) is 4.74 Å². The van der Waals surface area contributed by atoms with E-state index in [0.717, 1.165) is 11.1 Å². The molecule has 4 aromatic rings. The molecule has 0 saturated heterocycles. The second-order valence-electron chi connectivity index (χ2n) is 8.56. The Bertz CT molecular complexity index is 1170. The lowest BCUT2D eigenvalue weighted by Gasteiger charge is -2.27. The number of aliphatic hydroxyl groups excluding tert-OH is 1. The van der Waals surface area contributed by atoms with Crippen LogP contribution in [0.25, 0.3) is 11.1 Å². The maximum Gasteiger partial charge on any atom is 0.407 e. The van der Waals surface area contributed by atoms with E-state index in [4.69, 9.17) is 4.74 Å². The van der Waals surface area contributed by atoms with Gasteiger partial charge < -0.3 is 15.2 Å². The Morgan fingerprint density at radius 3 is 1.71 bits per heavy atom. The van der Waals surface area contributed by atoms with Crippen LogP contribution in [-0.4, -0.2) is 30.5 Å². The van der Waals surface area contributed by atoms with Crippen molar-refractivity contribution in [3.8, 4) is 11.1 Å². The third-order valence-corrected chi connectivity index (χ3v) is 6.56. The Labute approximate surface area is 199 Å². The zero-order valence-electron chi connectivity index (χ0n) is 18.8. The van der Waals surface area contributed by atoms with Crippen LogP contribution in [0, 0.1) is 0 Å². The van der Waals surface area contributed by atoms with Gasteiger partial charge in [-0.2, -0.15) is 0 Å². The molecule has 5 rings (SSSR count). The summed E-state index contributed by atoms with van der Waals surface area (Å²) >= 11 is 0. The van der Waals surface area contributed by atoms with Gasteiger partial charge in [-0.1, -0.05) is 109 Å². The van der Waals surface area contributed by atoms with Gasteiger partial charge in [-0.25, -0.2) is 4.79 Å². The van der Waals surface area contributed by atoms with Crippen molar-refractivity contribution in [1.82, 2.24) is 5.32 Å². The first-order chi connectivity index (χ1) is 16.8. The van der Waals surface area contributed by atoms with Gasteiger partial charge in [0.1, 0.15) is 6.61 Å². The van der Waals surface area contributed by atoms with Crippen molar-refractivity contribution < 1.29 is 14.6 Å². The van der Waals surface area contributed by atoms with Gasteiger partial charge >= 0.3 is 6.09 Å². The Hall–Kier alpha value is -3.89. The van der Waals surface area contributed by atoms with Crippen molar-refractivity contribution in [2.45, 2.75) is 17.9 Å². The zero-order valence-corrected chi connectivity index (χ0v) is 18.8. The lowest BCUT2D eigenvalue weighted by molar-refractivity contribution is 0.130. The number of fused-ring (bicyclic) bond motifs is 3. The lowest BCUT2D eigenvalue weighted by Crippen LogP contribution is -2.43. The molecule has 0 radical (unpaired) electrons. The average Bonchev–Trinajstić information content (AvgIpc) is 3.22. The van der Waals surface area contributed by atoms with Gasteiger partial charge in [0, 0.05) is 11.8 Å². The van der Waals surface area contributed by atoms with E-state index in [1.165, 1.54) is 22.3 Å². The molecule has 0 bridgehead atoms. The highest BCUT2D eigenvalue weighted by atomic mass is 16.5. The second kappa shape index (κ2) is 9.94. The monoisotopic (exact) mass is 449 g/mol. The number of nitrogens with one attached hydrogen (secondary N) is 1. The Kier molecular flexibility index (Phi) is 6.41. The highest BCUT2D eigenvalue weighted by Crippen LogP contribution is 2.44. The number of hydrogen-bond donors (Lipinski definition) is 2. The number of rotatable bonds is 7. The summed E-state index contributed by atoms with van der Waals surface area (Å²) in [7, 11) is 0. The molecule has 1 aliphatic rings. The summed E-state index contributed by atoms with van der Waals surface area (Å²) in [5.74, 6) is -0.211. The van der Waals surface area contributed by atoms with E-state index in [1.54, 1.807) is 0 Å². The predicted molar refractivity (Wildman–Crippen MR) is 134 cm³/mol. The highest BCUT2D eigenvalue weighted by molar-refractivity contribution is 5.79.